The van der Waals surface area contributed by atoms with Gasteiger partial charge in [0.15, 0.2) is 0 Å². The minimum absolute atomic E-state index is 0. The second-order valence-electron chi connectivity index (χ2n) is 5.28. The third-order valence-corrected chi connectivity index (χ3v) is 4.06. The number of halogens is 3. The first kappa shape index (κ1) is 19.8. The van der Waals surface area contributed by atoms with Crippen LogP contribution in [0.2, 0.25) is 10.0 Å². The van der Waals surface area contributed by atoms with Crippen LogP contribution in [-0.2, 0) is 13.1 Å². The molecule has 7 heteroatoms. The van der Waals surface area contributed by atoms with Crippen molar-refractivity contribution in [3.63, 3.8) is 0 Å². The summed E-state index contributed by atoms with van der Waals surface area (Å²) >= 11 is 12.0. The predicted octanol–water partition coefficient (Wildman–Crippen LogP) is 4.52. The minimum Gasteiger partial charge on any atom is -0.467 e. The fourth-order valence-electron chi connectivity index (χ4n) is 2.09. The van der Waals surface area contributed by atoms with Gasteiger partial charge < -0.3 is 15.1 Å². The molecule has 0 radical (unpaired) electrons. The van der Waals surface area contributed by atoms with Crippen molar-refractivity contribution < 1.29 is 9.21 Å². The molecule has 23 heavy (non-hydrogen) atoms. The quantitative estimate of drug-likeness (QED) is 0.833. The minimum atomic E-state index is -0.107. The van der Waals surface area contributed by atoms with Gasteiger partial charge in [-0.2, -0.15) is 0 Å². The molecule has 0 aliphatic heterocycles. The van der Waals surface area contributed by atoms with Crippen molar-refractivity contribution in [2.45, 2.75) is 33.0 Å². The molecular formula is C16H19Cl3N2O2. The summed E-state index contributed by atoms with van der Waals surface area (Å²) in [6.45, 7) is 4.62. The number of amides is 1. The van der Waals surface area contributed by atoms with Gasteiger partial charge in [-0.15, -0.1) is 12.4 Å². The maximum atomic E-state index is 12.6. The summed E-state index contributed by atoms with van der Waals surface area (Å²) in [5.74, 6) is 0.478. The number of benzene rings is 1. The van der Waals surface area contributed by atoms with Gasteiger partial charge >= 0.3 is 0 Å². The lowest BCUT2D eigenvalue weighted by Gasteiger charge is -2.26. The van der Waals surface area contributed by atoms with Crippen molar-refractivity contribution in [3.8, 4) is 0 Å². The Hall–Kier alpha value is -1.20. The van der Waals surface area contributed by atoms with E-state index in [9.17, 15) is 4.79 Å². The van der Waals surface area contributed by atoms with Crippen LogP contribution in [0.1, 0.15) is 35.5 Å². The van der Waals surface area contributed by atoms with Crippen molar-refractivity contribution >= 4 is 41.5 Å². The topological polar surface area (TPSA) is 59.5 Å². The number of carbonyl (C=O) groups excluding carboxylic acids is 1. The molecule has 0 saturated heterocycles. The van der Waals surface area contributed by atoms with Gasteiger partial charge in [0.2, 0.25) is 0 Å². The molecule has 2 N–H and O–H groups in total. The molecule has 1 heterocycles. The molecule has 1 aromatic carbocycles. The standard InChI is InChI=1S/C16H18Cl2N2O2.ClH/c1-10(2)20(8-11-3-4-14(17)15(18)5-11)16(21)12-6-13(7-19)22-9-12;/h3-6,9-10H,7-8,19H2,1-2H3;1H. The number of hydrogen-bond acceptors (Lipinski definition) is 3. The van der Waals surface area contributed by atoms with Crippen molar-refractivity contribution in [1.29, 1.82) is 0 Å². The second-order valence-corrected chi connectivity index (χ2v) is 6.10. The zero-order chi connectivity index (χ0) is 16.3. The molecular weight excluding hydrogens is 359 g/mol. The van der Waals surface area contributed by atoms with Crippen molar-refractivity contribution in [1.82, 2.24) is 4.90 Å². The van der Waals surface area contributed by atoms with E-state index in [1.165, 1.54) is 6.26 Å². The zero-order valence-electron chi connectivity index (χ0n) is 12.9. The molecule has 0 aliphatic carbocycles. The van der Waals surface area contributed by atoms with E-state index in [1.807, 2.05) is 19.9 Å². The Morgan fingerprint density at radius 3 is 2.48 bits per heavy atom. The molecule has 1 amide bonds. The van der Waals surface area contributed by atoms with E-state index in [-0.39, 0.29) is 30.9 Å². The molecule has 2 rings (SSSR count). The number of furan rings is 1. The Balaban J connectivity index is 0.00000264. The van der Waals surface area contributed by atoms with Crippen LogP contribution in [0.25, 0.3) is 0 Å². The fraction of sp³-hybridized carbons (Fsp3) is 0.312. The third kappa shape index (κ3) is 4.88. The van der Waals surface area contributed by atoms with Crippen LogP contribution in [0.4, 0.5) is 0 Å². The van der Waals surface area contributed by atoms with Gasteiger partial charge in [-0.25, -0.2) is 0 Å². The van der Waals surface area contributed by atoms with Crippen LogP contribution in [0.5, 0.6) is 0 Å². The maximum absolute atomic E-state index is 12.6. The largest absolute Gasteiger partial charge is 0.467 e. The van der Waals surface area contributed by atoms with Crippen molar-refractivity contribution in [2.24, 2.45) is 5.73 Å². The summed E-state index contributed by atoms with van der Waals surface area (Å²) in [5, 5.41) is 0.972. The van der Waals surface area contributed by atoms with E-state index < -0.39 is 0 Å². The highest BCUT2D eigenvalue weighted by Gasteiger charge is 2.21. The SMILES string of the molecule is CC(C)N(Cc1ccc(Cl)c(Cl)c1)C(=O)c1coc(CN)c1.Cl. The van der Waals surface area contributed by atoms with Gasteiger partial charge in [0.25, 0.3) is 5.91 Å². The van der Waals surface area contributed by atoms with E-state index >= 15 is 0 Å². The van der Waals surface area contributed by atoms with Crippen LogP contribution < -0.4 is 5.73 Å². The molecule has 0 aliphatic rings. The number of nitrogens with zero attached hydrogens (tertiary/aromatic N) is 1. The van der Waals surface area contributed by atoms with E-state index in [4.69, 9.17) is 33.4 Å². The molecule has 126 valence electrons. The van der Waals surface area contributed by atoms with E-state index in [0.717, 1.165) is 5.56 Å². The van der Waals surface area contributed by atoms with E-state index in [2.05, 4.69) is 0 Å². The molecule has 4 nitrogen and oxygen atoms in total. The van der Waals surface area contributed by atoms with Crippen molar-refractivity contribution in [2.75, 3.05) is 0 Å². The average Bonchev–Trinajstić information content (AvgIpc) is 2.96. The Bertz CT molecular complexity index is 671. The molecule has 0 atom stereocenters. The normalized spacial score (nSPS) is 10.5. The summed E-state index contributed by atoms with van der Waals surface area (Å²) in [7, 11) is 0. The molecule has 0 unspecified atom stereocenters. The van der Waals surface area contributed by atoms with Gasteiger partial charge in [-0.1, -0.05) is 29.3 Å². The molecule has 0 bridgehead atoms. The fourth-order valence-corrected chi connectivity index (χ4v) is 2.41. The summed E-state index contributed by atoms with van der Waals surface area (Å²) in [5.41, 5.74) is 6.92. The summed E-state index contributed by atoms with van der Waals surface area (Å²) in [4.78, 5) is 14.4. The molecule has 0 saturated carbocycles. The monoisotopic (exact) mass is 376 g/mol. The number of rotatable bonds is 5. The second kappa shape index (κ2) is 8.60. The molecule has 2 aromatic rings. The average molecular weight is 378 g/mol. The highest BCUT2D eigenvalue weighted by Crippen LogP contribution is 2.24. The highest BCUT2D eigenvalue weighted by molar-refractivity contribution is 6.42. The lowest BCUT2D eigenvalue weighted by molar-refractivity contribution is 0.0689. The lowest BCUT2D eigenvalue weighted by Crippen LogP contribution is -2.36. The van der Waals surface area contributed by atoms with E-state index in [0.29, 0.717) is 27.9 Å². The molecule has 1 aromatic heterocycles. The van der Waals surface area contributed by atoms with Crippen LogP contribution in [0, 0.1) is 0 Å². The first-order valence-electron chi connectivity index (χ1n) is 6.94. The maximum Gasteiger partial charge on any atom is 0.257 e. The van der Waals surface area contributed by atoms with Gasteiger partial charge in [-0.3, -0.25) is 4.79 Å². The van der Waals surface area contributed by atoms with Gasteiger partial charge in [0, 0.05) is 12.6 Å². The third-order valence-electron chi connectivity index (χ3n) is 3.32. The predicted molar refractivity (Wildman–Crippen MR) is 95.3 cm³/mol. The van der Waals surface area contributed by atoms with Crippen LogP contribution in [0.15, 0.2) is 34.9 Å². The summed E-state index contributed by atoms with van der Waals surface area (Å²) < 4.78 is 5.24. The summed E-state index contributed by atoms with van der Waals surface area (Å²) in [6.07, 6.45) is 1.44. The Morgan fingerprint density at radius 1 is 1.26 bits per heavy atom. The van der Waals surface area contributed by atoms with Gasteiger partial charge in [0.1, 0.15) is 12.0 Å². The smallest absolute Gasteiger partial charge is 0.257 e. The van der Waals surface area contributed by atoms with Crippen molar-refractivity contribution in [3.05, 3.63) is 57.5 Å². The Labute approximate surface area is 151 Å². The first-order chi connectivity index (χ1) is 10.4. The molecule has 0 spiro atoms. The number of nitrogens with two attached hydrogens (primary N) is 1. The van der Waals surface area contributed by atoms with Gasteiger partial charge in [-0.05, 0) is 37.6 Å². The Kier molecular flexibility index (Phi) is 7.42. The highest BCUT2D eigenvalue weighted by atomic mass is 35.5. The zero-order valence-corrected chi connectivity index (χ0v) is 15.2. The number of carbonyl (C=O) groups is 1. The van der Waals surface area contributed by atoms with Crippen LogP contribution in [0.3, 0.4) is 0 Å². The summed E-state index contributed by atoms with van der Waals surface area (Å²) in [6, 6.07) is 7.06. The van der Waals surface area contributed by atoms with Gasteiger partial charge in [0.05, 0.1) is 22.2 Å². The lowest BCUT2D eigenvalue weighted by atomic mass is 10.1. The van der Waals surface area contributed by atoms with Crippen LogP contribution in [-0.4, -0.2) is 16.8 Å². The molecule has 0 fully saturated rings. The first-order valence-corrected chi connectivity index (χ1v) is 7.70. The Morgan fingerprint density at radius 2 is 1.96 bits per heavy atom. The van der Waals surface area contributed by atoms with E-state index in [1.54, 1.807) is 23.1 Å². The van der Waals surface area contributed by atoms with Crippen LogP contribution >= 0.6 is 35.6 Å². The number of hydrogen-bond donors (Lipinski definition) is 1.